The van der Waals surface area contributed by atoms with Crippen LogP contribution in [0.3, 0.4) is 0 Å². The molecule has 1 aliphatic heterocycles. The molecule has 1 heterocycles. The van der Waals surface area contributed by atoms with Crippen molar-refractivity contribution >= 4 is 5.91 Å². The molecule has 0 aromatic heterocycles. The number of methoxy groups -OCH3 is 2. The summed E-state index contributed by atoms with van der Waals surface area (Å²) in [5.41, 5.74) is 1.68. The van der Waals surface area contributed by atoms with Gasteiger partial charge in [-0.05, 0) is 30.2 Å². The summed E-state index contributed by atoms with van der Waals surface area (Å²) in [5.74, 6) is 0.254. The summed E-state index contributed by atoms with van der Waals surface area (Å²) in [4.78, 5) is 14.1. The number of aromatic hydroxyl groups is 1. The fraction of sp³-hybridized carbons (Fsp3) is 0.400. The van der Waals surface area contributed by atoms with E-state index in [2.05, 4.69) is 0 Å². The Morgan fingerprint density at radius 1 is 1.40 bits per heavy atom. The van der Waals surface area contributed by atoms with Crippen molar-refractivity contribution in [1.29, 1.82) is 0 Å². The van der Waals surface area contributed by atoms with E-state index >= 15 is 0 Å². The molecule has 5 heteroatoms. The normalized spacial score (nSPS) is 14.9. The van der Waals surface area contributed by atoms with E-state index in [4.69, 9.17) is 9.47 Å². The topological polar surface area (TPSA) is 59.0 Å². The van der Waals surface area contributed by atoms with Crippen LogP contribution in [0, 0.1) is 0 Å². The van der Waals surface area contributed by atoms with Crippen LogP contribution in [0.25, 0.3) is 0 Å². The molecule has 1 N–H and O–H groups in total. The number of carbonyl (C=O) groups excluding carboxylic acids is 1. The lowest BCUT2D eigenvalue weighted by Crippen LogP contribution is -2.35. The van der Waals surface area contributed by atoms with Gasteiger partial charge in [0.15, 0.2) is 11.5 Å². The molecular formula is C15H19NO4. The second-order valence-electron chi connectivity index (χ2n) is 4.68. The average molecular weight is 277 g/mol. The van der Waals surface area contributed by atoms with E-state index in [0.29, 0.717) is 31.0 Å². The Balaban J connectivity index is 2.07. The van der Waals surface area contributed by atoms with Crippen LogP contribution in [0.2, 0.25) is 0 Å². The number of carbonyl (C=O) groups is 1. The molecule has 0 saturated heterocycles. The molecule has 5 nitrogen and oxygen atoms in total. The van der Waals surface area contributed by atoms with Gasteiger partial charge in [0.25, 0.3) is 5.91 Å². The van der Waals surface area contributed by atoms with Gasteiger partial charge in [-0.3, -0.25) is 4.79 Å². The number of rotatable bonds is 4. The van der Waals surface area contributed by atoms with Crippen LogP contribution in [-0.4, -0.2) is 49.8 Å². The summed E-state index contributed by atoms with van der Waals surface area (Å²) >= 11 is 0. The van der Waals surface area contributed by atoms with Gasteiger partial charge in [0.05, 0.1) is 13.7 Å². The lowest BCUT2D eigenvalue weighted by molar-refractivity contribution is 0.0764. The average Bonchev–Trinajstić information content (AvgIpc) is 2.47. The third-order valence-corrected chi connectivity index (χ3v) is 3.35. The highest BCUT2D eigenvalue weighted by Crippen LogP contribution is 2.27. The summed E-state index contributed by atoms with van der Waals surface area (Å²) < 4.78 is 10.1. The molecule has 2 rings (SSSR count). The van der Waals surface area contributed by atoms with Gasteiger partial charge in [0.2, 0.25) is 0 Å². The molecule has 0 radical (unpaired) electrons. The summed E-state index contributed by atoms with van der Waals surface area (Å²) in [5, 5.41) is 9.73. The number of nitrogens with zero attached hydrogens (tertiary/aromatic N) is 1. The number of amides is 1. The fourth-order valence-corrected chi connectivity index (χ4v) is 2.22. The largest absolute Gasteiger partial charge is 0.504 e. The fourth-order valence-electron chi connectivity index (χ4n) is 2.22. The van der Waals surface area contributed by atoms with Gasteiger partial charge >= 0.3 is 0 Å². The van der Waals surface area contributed by atoms with Crippen LogP contribution in [-0.2, 0) is 4.74 Å². The van der Waals surface area contributed by atoms with Crippen molar-refractivity contribution in [3.63, 3.8) is 0 Å². The van der Waals surface area contributed by atoms with Crippen molar-refractivity contribution in [2.45, 2.75) is 6.42 Å². The Bertz CT molecular complexity index is 525. The highest BCUT2D eigenvalue weighted by atomic mass is 16.5. The smallest absolute Gasteiger partial charge is 0.254 e. The molecule has 0 aliphatic carbocycles. The Kier molecular flexibility index (Phi) is 4.63. The molecule has 0 bridgehead atoms. The van der Waals surface area contributed by atoms with Gasteiger partial charge in [-0.15, -0.1) is 0 Å². The van der Waals surface area contributed by atoms with Crippen LogP contribution < -0.4 is 4.74 Å². The molecule has 20 heavy (non-hydrogen) atoms. The third kappa shape index (κ3) is 3.11. The quantitative estimate of drug-likeness (QED) is 0.853. The molecule has 0 atom stereocenters. The first-order valence-electron chi connectivity index (χ1n) is 6.49. The number of ether oxygens (including phenoxy) is 2. The highest BCUT2D eigenvalue weighted by Gasteiger charge is 2.19. The number of benzene rings is 1. The van der Waals surface area contributed by atoms with Crippen molar-refractivity contribution in [3.8, 4) is 11.5 Å². The minimum atomic E-state index is -0.0873. The first-order chi connectivity index (χ1) is 9.65. The number of hydrogen-bond acceptors (Lipinski definition) is 4. The predicted molar refractivity (Wildman–Crippen MR) is 75.1 cm³/mol. The van der Waals surface area contributed by atoms with Gasteiger partial charge < -0.3 is 19.5 Å². The second kappa shape index (κ2) is 6.43. The second-order valence-corrected chi connectivity index (χ2v) is 4.68. The molecule has 1 aromatic carbocycles. The maximum Gasteiger partial charge on any atom is 0.254 e. The SMILES string of the molecule is COCC1=CCN(C(=O)c2ccc(OC)c(O)c2)CC1. The molecule has 1 amide bonds. The van der Waals surface area contributed by atoms with Crippen molar-refractivity contribution in [2.24, 2.45) is 0 Å². The van der Waals surface area contributed by atoms with Crippen LogP contribution in [0.5, 0.6) is 11.5 Å². The summed E-state index contributed by atoms with van der Waals surface area (Å²) in [7, 11) is 3.14. The monoisotopic (exact) mass is 277 g/mol. The molecule has 108 valence electrons. The first kappa shape index (κ1) is 14.4. The van der Waals surface area contributed by atoms with Gasteiger partial charge in [-0.1, -0.05) is 6.08 Å². The zero-order valence-electron chi connectivity index (χ0n) is 11.8. The summed E-state index contributed by atoms with van der Waals surface area (Å²) in [6, 6.07) is 4.70. The van der Waals surface area contributed by atoms with E-state index in [1.807, 2.05) is 6.08 Å². The highest BCUT2D eigenvalue weighted by molar-refractivity contribution is 5.95. The van der Waals surface area contributed by atoms with E-state index in [-0.39, 0.29) is 11.7 Å². The first-order valence-corrected chi connectivity index (χ1v) is 6.49. The van der Waals surface area contributed by atoms with E-state index in [1.165, 1.54) is 18.7 Å². The van der Waals surface area contributed by atoms with Crippen molar-refractivity contribution in [1.82, 2.24) is 4.90 Å². The number of phenols is 1. The Morgan fingerprint density at radius 2 is 2.20 bits per heavy atom. The van der Waals surface area contributed by atoms with Crippen molar-refractivity contribution < 1.29 is 19.4 Å². The number of hydrogen-bond donors (Lipinski definition) is 1. The molecule has 1 aliphatic rings. The van der Waals surface area contributed by atoms with Gasteiger partial charge in [-0.2, -0.15) is 0 Å². The molecule has 0 spiro atoms. The van der Waals surface area contributed by atoms with E-state index < -0.39 is 0 Å². The van der Waals surface area contributed by atoms with Gasteiger partial charge in [-0.25, -0.2) is 0 Å². The Hall–Kier alpha value is -2.01. The molecule has 0 fully saturated rings. The zero-order valence-corrected chi connectivity index (χ0v) is 11.8. The molecule has 1 aromatic rings. The minimum Gasteiger partial charge on any atom is -0.504 e. The number of phenolic OH excluding ortho intramolecular Hbond substituents is 1. The standard InChI is InChI=1S/C15H19NO4/c1-19-10-11-5-7-16(8-6-11)15(18)12-3-4-14(20-2)13(17)9-12/h3-5,9,17H,6-8,10H2,1-2H3. The van der Waals surface area contributed by atoms with Crippen molar-refractivity contribution in [3.05, 3.63) is 35.4 Å². The lowest BCUT2D eigenvalue weighted by atomic mass is 10.1. The van der Waals surface area contributed by atoms with Crippen molar-refractivity contribution in [2.75, 3.05) is 33.9 Å². The van der Waals surface area contributed by atoms with Crippen LogP contribution in [0.4, 0.5) is 0 Å². The van der Waals surface area contributed by atoms with E-state index in [1.54, 1.807) is 24.1 Å². The lowest BCUT2D eigenvalue weighted by Gasteiger charge is -2.26. The summed E-state index contributed by atoms with van der Waals surface area (Å²) in [6.07, 6.45) is 2.84. The van der Waals surface area contributed by atoms with Gasteiger partial charge in [0, 0.05) is 25.8 Å². The molecule has 0 unspecified atom stereocenters. The van der Waals surface area contributed by atoms with E-state index in [9.17, 15) is 9.90 Å². The van der Waals surface area contributed by atoms with E-state index in [0.717, 1.165) is 6.42 Å². The predicted octanol–water partition coefficient (Wildman–Crippen LogP) is 1.82. The molecule has 0 saturated carbocycles. The van der Waals surface area contributed by atoms with Crippen LogP contribution in [0.1, 0.15) is 16.8 Å². The minimum absolute atomic E-state index is 0.0222. The van der Waals surface area contributed by atoms with Gasteiger partial charge in [0.1, 0.15) is 0 Å². The third-order valence-electron chi connectivity index (χ3n) is 3.35. The molecular weight excluding hydrogens is 258 g/mol. The summed E-state index contributed by atoms with van der Waals surface area (Å²) in [6.45, 7) is 1.86. The maximum atomic E-state index is 12.3. The maximum absolute atomic E-state index is 12.3. The Morgan fingerprint density at radius 3 is 2.75 bits per heavy atom. The van der Waals surface area contributed by atoms with Crippen LogP contribution >= 0.6 is 0 Å². The van der Waals surface area contributed by atoms with Crippen LogP contribution in [0.15, 0.2) is 29.8 Å². The zero-order chi connectivity index (χ0) is 14.5. The Labute approximate surface area is 118 Å².